The number of carbonyl (C=O) groups is 2. The van der Waals surface area contributed by atoms with Gasteiger partial charge in [0, 0.05) is 11.3 Å². The van der Waals surface area contributed by atoms with Gasteiger partial charge in [-0.05, 0) is 47.7 Å². The minimum atomic E-state index is -0.684. The molecule has 0 aliphatic rings. The summed E-state index contributed by atoms with van der Waals surface area (Å²) in [6, 6.07) is 6.80. The van der Waals surface area contributed by atoms with E-state index < -0.39 is 24.2 Å². The Bertz CT molecular complexity index is 1110. The largest absolute Gasteiger partial charge is 0.493 e. The number of anilines is 1. The molecule has 31 heavy (non-hydrogen) atoms. The predicted molar refractivity (Wildman–Crippen MR) is 106 cm³/mol. The fourth-order valence-corrected chi connectivity index (χ4v) is 2.71. The summed E-state index contributed by atoms with van der Waals surface area (Å²) in [7, 11) is 2.74. The van der Waals surface area contributed by atoms with Crippen molar-refractivity contribution in [2.24, 2.45) is 5.73 Å². The monoisotopic (exact) mass is 430 g/mol. The summed E-state index contributed by atoms with van der Waals surface area (Å²) in [6.45, 7) is 1.22. The van der Waals surface area contributed by atoms with Crippen molar-refractivity contribution in [3.63, 3.8) is 0 Å². The summed E-state index contributed by atoms with van der Waals surface area (Å²) >= 11 is 0. The Labute approximate surface area is 175 Å². The Kier molecular flexibility index (Phi) is 6.29. The molecule has 162 valence electrons. The van der Waals surface area contributed by atoms with Crippen LogP contribution in [0.1, 0.15) is 16.2 Å². The van der Waals surface area contributed by atoms with Crippen LogP contribution in [0.5, 0.6) is 17.2 Å². The molecule has 0 fully saturated rings. The van der Waals surface area contributed by atoms with Crippen LogP contribution in [0.2, 0.25) is 0 Å². The number of nitrogens with zero attached hydrogens (tertiary/aromatic N) is 4. The maximum atomic E-state index is 14.2. The number of hydrogen-bond acceptors (Lipinski definition) is 8. The van der Waals surface area contributed by atoms with Crippen LogP contribution in [0.25, 0.3) is 5.69 Å². The van der Waals surface area contributed by atoms with Crippen molar-refractivity contribution in [1.29, 1.82) is 0 Å². The molecule has 11 nitrogen and oxygen atoms in total. The molecule has 3 N–H and O–H groups in total. The number of aryl methyl sites for hydroxylation is 1. The van der Waals surface area contributed by atoms with E-state index in [9.17, 15) is 14.0 Å². The topological polar surface area (TPSA) is 143 Å². The molecule has 2 amide bonds. The number of hydrogen-bond donors (Lipinski definition) is 2. The lowest BCUT2D eigenvalue weighted by Gasteiger charge is -2.15. The van der Waals surface area contributed by atoms with Gasteiger partial charge in [0.2, 0.25) is 5.75 Å². The van der Waals surface area contributed by atoms with Crippen LogP contribution < -0.4 is 25.3 Å². The summed E-state index contributed by atoms with van der Waals surface area (Å²) < 4.78 is 31.3. The number of amides is 2. The van der Waals surface area contributed by atoms with E-state index in [1.54, 1.807) is 6.92 Å². The number of nitrogens with one attached hydrogen (secondary N) is 1. The van der Waals surface area contributed by atoms with Crippen LogP contribution in [0.4, 0.5) is 10.1 Å². The maximum absolute atomic E-state index is 14.2. The maximum Gasteiger partial charge on any atom is 0.255 e. The summed E-state index contributed by atoms with van der Waals surface area (Å²) in [4.78, 5) is 23.8. The number of benzene rings is 2. The van der Waals surface area contributed by atoms with Gasteiger partial charge in [-0.1, -0.05) is 0 Å². The molecule has 0 spiro atoms. The lowest BCUT2D eigenvalue weighted by atomic mass is 10.1. The molecule has 3 rings (SSSR count). The zero-order valence-corrected chi connectivity index (χ0v) is 16.9. The summed E-state index contributed by atoms with van der Waals surface area (Å²) in [5, 5.41) is 13.6. The number of aromatic nitrogens is 4. The second-order valence-electron chi connectivity index (χ2n) is 6.22. The van der Waals surface area contributed by atoms with Crippen molar-refractivity contribution in [1.82, 2.24) is 20.2 Å². The SMILES string of the molecule is COc1cc(C(=O)Nc2ccc(F)c(-n3nnnc3C)c2)cc(OC)c1OCC(N)=O. The Morgan fingerprint density at radius 3 is 2.39 bits per heavy atom. The minimum absolute atomic E-state index is 0.0747. The van der Waals surface area contributed by atoms with Crippen LogP contribution >= 0.6 is 0 Å². The van der Waals surface area contributed by atoms with Crippen molar-refractivity contribution in [3.8, 4) is 22.9 Å². The molecule has 3 aromatic rings. The molecule has 12 heteroatoms. The van der Waals surface area contributed by atoms with Gasteiger partial charge in [-0.3, -0.25) is 9.59 Å². The third-order valence-corrected chi connectivity index (χ3v) is 4.14. The van der Waals surface area contributed by atoms with E-state index in [0.29, 0.717) is 11.5 Å². The van der Waals surface area contributed by atoms with Gasteiger partial charge >= 0.3 is 0 Å². The number of nitrogens with two attached hydrogens (primary N) is 1. The number of ether oxygens (including phenoxy) is 3. The highest BCUT2D eigenvalue weighted by Gasteiger charge is 2.19. The second kappa shape index (κ2) is 9.07. The third-order valence-electron chi connectivity index (χ3n) is 4.14. The average molecular weight is 430 g/mol. The zero-order chi connectivity index (χ0) is 22.5. The first-order chi connectivity index (χ1) is 14.8. The molecule has 1 aromatic heterocycles. The Morgan fingerprint density at radius 2 is 1.84 bits per heavy atom. The first kappa shape index (κ1) is 21.5. The van der Waals surface area contributed by atoms with E-state index in [-0.39, 0.29) is 28.5 Å². The van der Waals surface area contributed by atoms with Gasteiger partial charge in [-0.25, -0.2) is 4.39 Å². The molecular weight excluding hydrogens is 411 g/mol. The van der Waals surface area contributed by atoms with Crippen LogP contribution in [0.15, 0.2) is 30.3 Å². The standard InChI is InChI=1S/C19H19FN6O5/c1-10-23-24-25-26(10)14-8-12(4-5-13(14)20)22-19(28)11-6-15(29-2)18(16(7-11)30-3)31-9-17(21)27/h4-8H,9H2,1-3H3,(H2,21,27)(H,22,28). The number of primary amides is 1. The normalized spacial score (nSPS) is 10.5. The molecule has 0 aliphatic carbocycles. The first-order valence-electron chi connectivity index (χ1n) is 8.87. The number of carbonyl (C=O) groups excluding carboxylic acids is 2. The Morgan fingerprint density at radius 1 is 1.16 bits per heavy atom. The van der Waals surface area contributed by atoms with E-state index in [1.807, 2.05) is 0 Å². The van der Waals surface area contributed by atoms with Gasteiger partial charge in [-0.2, -0.15) is 4.68 Å². The zero-order valence-electron chi connectivity index (χ0n) is 16.9. The molecule has 2 aromatic carbocycles. The quantitative estimate of drug-likeness (QED) is 0.543. The number of halogens is 1. The van der Waals surface area contributed by atoms with Crippen LogP contribution in [0.3, 0.4) is 0 Å². The van der Waals surface area contributed by atoms with Gasteiger partial charge in [-0.15, -0.1) is 5.10 Å². The molecule has 0 saturated heterocycles. The van der Waals surface area contributed by atoms with Gasteiger partial charge < -0.3 is 25.3 Å². The summed E-state index contributed by atoms with van der Waals surface area (Å²) in [6.07, 6.45) is 0. The van der Waals surface area contributed by atoms with E-state index in [4.69, 9.17) is 19.9 Å². The second-order valence-corrected chi connectivity index (χ2v) is 6.22. The number of methoxy groups -OCH3 is 2. The summed E-state index contributed by atoms with van der Waals surface area (Å²) in [5.74, 6) is -0.945. The Balaban J connectivity index is 1.90. The molecular formula is C19H19FN6O5. The average Bonchev–Trinajstić information content (AvgIpc) is 3.18. The highest BCUT2D eigenvalue weighted by molar-refractivity contribution is 6.05. The molecule has 0 saturated carbocycles. The van der Waals surface area contributed by atoms with Gasteiger partial charge in [0.15, 0.2) is 23.9 Å². The smallest absolute Gasteiger partial charge is 0.255 e. The molecule has 0 atom stereocenters. The van der Waals surface area contributed by atoms with Crippen molar-refractivity contribution in [2.75, 3.05) is 26.1 Å². The molecule has 1 heterocycles. The fraction of sp³-hybridized carbons (Fsp3) is 0.211. The molecule has 0 bridgehead atoms. The van der Waals surface area contributed by atoms with E-state index >= 15 is 0 Å². The van der Waals surface area contributed by atoms with E-state index in [2.05, 4.69) is 20.8 Å². The summed E-state index contributed by atoms with van der Waals surface area (Å²) in [5.41, 5.74) is 5.66. The highest BCUT2D eigenvalue weighted by atomic mass is 19.1. The lowest BCUT2D eigenvalue weighted by Crippen LogP contribution is -2.20. The van der Waals surface area contributed by atoms with Crippen LogP contribution in [-0.4, -0.2) is 52.8 Å². The van der Waals surface area contributed by atoms with Crippen molar-refractivity contribution in [2.45, 2.75) is 6.92 Å². The Hall–Kier alpha value is -4.22. The van der Waals surface area contributed by atoms with Gasteiger partial charge in [0.1, 0.15) is 11.5 Å². The third kappa shape index (κ3) is 4.69. The molecule has 0 radical (unpaired) electrons. The minimum Gasteiger partial charge on any atom is -0.493 e. The van der Waals surface area contributed by atoms with Crippen LogP contribution in [0, 0.1) is 12.7 Å². The molecule has 0 unspecified atom stereocenters. The predicted octanol–water partition coefficient (Wildman–Crippen LogP) is 1.24. The van der Waals surface area contributed by atoms with Crippen LogP contribution in [-0.2, 0) is 4.79 Å². The fourth-order valence-electron chi connectivity index (χ4n) is 2.71. The van der Waals surface area contributed by atoms with E-state index in [1.165, 1.54) is 49.2 Å². The van der Waals surface area contributed by atoms with Crippen molar-refractivity contribution in [3.05, 3.63) is 47.5 Å². The van der Waals surface area contributed by atoms with Gasteiger partial charge in [0.05, 0.1) is 14.2 Å². The van der Waals surface area contributed by atoms with Crippen molar-refractivity contribution >= 4 is 17.5 Å². The van der Waals surface area contributed by atoms with Crippen molar-refractivity contribution < 1.29 is 28.2 Å². The highest BCUT2D eigenvalue weighted by Crippen LogP contribution is 2.38. The number of rotatable bonds is 8. The number of tetrazole rings is 1. The van der Waals surface area contributed by atoms with Gasteiger partial charge in [0.25, 0.3) is 11.8 Å². The molecule has 0 aliphatic heterocycles. The lowest BCUT2D eigenvalue weighted by molar-refractivity contribution is -0.120. The first-order valence-corrected chi connectivity index (χ1v) is 8.87. The van der Waals surface area contributed by atoms with E-state index in [0.717, 1.165) is 0 Å².